The SMILES string of the molecule is [2H]C([2H])(O)CC1(C([2H])([2H])CO)Sc2c(c(C(=O)O)c3c(c2[C](c2c4c(c(C(=O)O)c5c2SC(C([2H])([2H])CO)(C([2H])([2H])CO)S5)SC(C([2H])([2H])CO)(C([2H])([2H])CO)S4)c2c4c(c(C(=O)O)c5c2SC(C([2H])([2H])CO)(C([2H])([2H])CO)S5)SC(C([2H])([2H])CO)(C([2H])([2H])CO)S4)SC(C([2H])([2H])CO)(C([2H])([2H])CO)S3)S1. The van der Waals surface area contributed by atoms with Crippen LogP contribution in [0.25, 0.3) is 0 Å². The average molecular weight is 1390 g/mol. The average Bonchev–Trinajstić information content (AvgIpc) is 1.50. The van der Waals surface area contributed by atoms with Crippen molar-refractivity contribution in [3.63, 3.8) is 0 Å². The Morgan fingerprint density at radius 3 is 0.561 bits per heavy atom. The van der Waals surface area contributed by atoms with Gasteiger partial charge in [0, 0.05) is 168 Å². The number of carbonyl (C=O) groups is 3. The van der Waals surface area contributed by atoms with Gasteiger partial charge in [0.15, 0.2) is 0 Å². The molecule has 6 heterocycles. The standard InChI is InChI=1S/C52H63O18S12/c53-13-1-47(2-14-54)71-32-26(33-39(29(44(65)66)38(32)77-47)78-48(72-33,3-15-55)4-16-56)25(27-34-40(79-49(73-34,5-17-57)6-18-58)30(45(67)68)41-35(27)74-50(80-41,7-19-59)8-20-60)28-36-42(81-51(75-36,9-21-61)10-22-62)31(46(69)70)43-37(28)76-52(82-43,11-23-63)12-24-64/h53-64H,1-24H2,(H,65,66)(H,67,68)(H,69,70)/i1D2,2D2,3D2,4D2,5D2,6D2,7D2,8D2,9D2,10D2,11D2,24D2. The van der Waals surface area contributed by atoms with Crippen LogP contribution >= 0.6 is 141 Å². The predicted molar refractivity (Wildman–Crippen MR) is 328 cm³/mol. The number of carboxylic acids is 3. The highest BCUT2D eigenvalue weighted by Crippen LogP contribution is 2.77. The first kappa shape index (κ1) is 41.2. The molecular formula is C52H63O18S12. The van der Waals surface area contributed by atoms with E-state index < -0.39 is 296 Å². The molecule has 1 unspecified atom stereocenters. The molecule has 0 aromatic heterocycles. The molecule has 82 heavy (non-hydrogen) atoms. The quantitative estimate of drug-likeness (QED) is 0.0283. The van der Waals surface area contributed by atoms with Gasteiger partial charge in [-0.3, -0.25) is 0 Å². The number of aromatic carboxylic acids is 3. The van der Waals surface area contributed by atoms with Gasteiger partial charge in [-0.1, -0.05) is 0 Å². The van der Waals surface area contributed by atoms with Gasteiger partial charge in [-0.05, 0) is 93.2 Å². The molecule has 9 rings (SSSR count). The van der Waals surface area contributed by atoms with Gasteiger partial charge in [0.1, 0.15) is 0 Å². The predicted octanol–water partition coefficient (Wildman–Crippen LogP) is 7.75. The summed E-state index contributed by atoms with van der Waals surface area (Å²) < 4.78 is 207. The van der Waals surface area contributed by atoms with E-state index in [0.717, 1.165) is 0 Å². The van der Waals surface area contributed by atoms with E-state index in [2.05, 4.69) is 0 Å². The molecule has 0 saturated heterocycles. The second-order valence-corrected chi connectivity index (χ2v) is 33.0. The molecule has 451 valence electrons. The lowest BCUT2D eigenvalue weighted by Crippen LogP contribution is -2.22. The Bertz CT molecular complexity index is 3710. The fraction of sp³-hybridized carbons (Fsp3) is 0.577. The number of fused-ring (bicyclic) bond motifs is 6. The second-order valence-electron chi connectivity index (χ2n) is 16.6. The summed E-state index contributed by atoms with van der Waals surface area (Å²) in [6.07, 6.45) is -40.4. The van der Waals surface area contributed by atoms with Crippen LogP contribution in [0, 0.1) is 5.92 Å². The van der Waals surface area contributed by atoms with E-state index in [-0.39, 0.29) is 141 Å². The third-order valence-electron chi connectivity index (χ3n) is 12.1. The number of hydrogen-bond acceptors (Lipinski definition) is 27. The van der Waals surface area contributed by atoms with Gasteiger partial charge in [-0.2, -0.15) is 0 Å². The van der Waals surface area contributed by atoms with Crippen LogP contribution in [0.5, 0.6) is 0 Å². The summed E-state index contributed by atoms with van der Waals surface area (Å²) in [5, 5.41) is 170. The van der Waals surface area contributed by atoms with Gasteiger partial charge in [-0.25, -0.2) is 14.4 Å². The second kappa shape index (κ2) is 27.1. The van der Waals surface area contributed by atoms with Crippen molar-refractivity contribution in [1.82, 2.24) is 0 Å². The normalized spacial score (nSPS) is 27.2. The molecule has 0 amide bonds. The number of carboxylic acid groups (broad SMARTS) is 3. The molecule has 0 bridgehead atoms. The van der Waals surface area contributed by atoms with Gasteiger partial charge in [0.05, 0.1) is 49.8 Å². The van der Waals surface area contributed by atoms with Gasteiger partial charge < -0.3 is 76.6 Å². The third kappa shape index (κ3) is 11.9. The zero-order valence-corrected chi connectivity index (χ0v) is 51.1. The van der Waals surface area contributed by atoms with Crippen LogP contribution in [-0.2, 0) is 0 Å². The van der Waals surface area contributed by atoms with Crippen molar-refractivity contribution in [2.75, 3.05) is 79.2 Å². The van der Waals surface area contributed by atoms with Crippen molar-refractivity contribution in [2.24, 2.45) is 0 Å². The zero-order chi connectivity index (χ0) is 80.7. The highest BCUT2D eigenvalue weighted by atomic mass is 32.2. The monoisotopic (exact) mass is 1380 g/mol. The summed E-state index contributed by atoms with van der Waals surface area (Å²) in [6.45, 7) is -23.1. The van der Waals surface area contributed by atoms with Crippen molar-refractivity contribution in [1.29, 1.82) is 0 Å². The van der Waals surface area contributed by atoms with Crippen molar-refractivity contribution in [3.05, 3.63) is 39.3 Å². The molecule has 0 aliphatic carbocycles. The number of rotatable bonds is 30. The minimum absolute atomic E-state index is 0.0108. The maximum atomic E-state index is 14.7. The van der Waals surface area contributed by atoms with E-state index >= 15 is 0 Å². The van der Waals surface area contributed by atoms with Crippen LogP contribution in [0.3, 0.4) is 0 Å². The highest BCUT2D eigenvalue weighted by molar-refractivity contribution is 8.23. The number of aliphatic hydroxyl groups is 12. The molecular weight excluding hydrogens is 1300 g/mol. The molecule has 0 spiro atoms. The molecule has 6 aliphatic rings. The van der Waals surface area contributed by atoms with Crippen molar-refractivity contribution >= 4 is 159 Å². The molecule has 18 nitrogen and oxygen atoms in total. The number of aliphatic hydroxyl groups excluding tert-OH is 11. The lowest BCUT2D eigenvalue weighted by molar-refractivity contribution is 0.0677. The Kier molecular flexibility index (Phi) is 13.6. The third-order valence-corrected chi connectivity index (χ3v) is 30.2. The molecule has 0 saturated carbocycles. The van der Waals surface area contributed by atoms with E-state index in [1.807, 2.05) is 0 Å². The minimum Gasteiger partial charge on any atom is -0.478 e. The summed E-state index contributed by atoms with van der Waals surface area (Å²) in [4.78, 5) is 32.5. The maximum absolute atomic E-state index is 14.7. The molecule has 1 atom stereocenters. The van der Waals surface area contributed by atoms with Crippen LogP contribution in [0.4, 0.5) is 0 Å². The van der Waals surface area contributed by atoms with Crippen LogP contribution in [0.2, 0.25) is 0 Å². The van der Waals surface area contributed by atoms with Gasteiger partial charge >= 0.3 is 17.9 Å². The van der Waals surface area contributed by atoms with Gasteiger partial charge in [-0.15, -0.1) is 141 Å². The Morgan fingerprint density at radius 1 is 0.268 bits per heavy atom. The molecule has 6 aliphatic heterocycles. The fourth-order valence-electron chi connectivity index (χ4n) is 9.19. The van der Waals surface area contributed by atoms with E-state index in [4.69, 9.17) is 2.74 Å². The van der Waals surface area contributed by atoms with E-state index in [1.54, 1.807) is 0 Å². The molecule has 15 N–H and O–H groups in total. The Labute approximate surface area is 558 Å². The van der Waals surface area contributed by atoms with Crippen molar-refractivity contribution < 1.29 is 124 Å². The lowest BCUT2D eigenvalue weighted by atomic mass is 9.83. The van der Waals surface area contributed by atoms with E-state index in [9.17, 15) is 121 Å². The van der Waals surface area contributed by atoms with Crippen molar-refractivity contribution in [2.45, 2.75) is 160 Å². The smallest absolute Gasteiger partial charge is 0.338 e. The number of benzene rings is 3. The first-order valence-corrected chi connectivity index (χ1v) is 33.0. The molecule has 1 radical (unpaired) electrons. The van der Waals surface area contributed by atoms with E-state index in [0.29, 0.717) is 0 Å². The van der Waals surface area contributed by atoms with Gasteiger partial charge in [0.2, 0.25) is 0 Å². The summed E-state index contributed by atoms with van der Waals surface area (Å²) in [5.41, 5.74) is -6.77. The molecule has 3 aromatic carbocycles. The molecule has 0 fully saturated rings. The lowest BCUT2D eigenvalue weighted by Gasteiger charge is -2.32. The summed E-state index contributed by atoms with van der Waals surface area (Å²) in [5.74, 6) is -7.65. The number of hydrogen-bond donors (Lipinski definition) is 15. The highest BCUT2D eigenvalue weighted by Gasteiger charge is 2.58. The van der Waals surface area contributed by atoms with Crippen molar-refractivity contribution in [3.8, 4) is 0 Å². The van der Waals surface area contributed by atoms with Crippen LogP contribution in [0.1, 0.15) is 157 Å². The van der Waals surface area contributed by atoms with Gasteiger partial charge in [0.25, 0.3) is 0 Å². The first-order chi connectivity index (χ1) is 48.2. The van der Waals surface area contributed by atoms with Crippen LogP contribution < -0.4 is 0 Å². The van der Waals surface area contributed by atoms with Crippen LogP contribution in [0.15, 0.2) is 58.7 Å². The summed E-state index contributed by atoms with van der Waals surface area (Å²) in [6, 6.07) is 0. The zero-order valence-electron chi connectivity index (χ0n) is 65.3. The Morgan fingerprint density at radius 2 is 0.415 bits per heavy atom. The molecule has 30 heteroatoms. The van der Waals surface area contributed by atoms with Crippen LogP contribution in [-0.4, -0.2) is 198 Å². The molecule has 3 aromatic rings. The Balaban J connectivity index is 1.77. The fourth-order valence-corrected chi connectivity index (χ4v) is 27.8. The number of thioether (sulfide) groups is 12. The first-order valence-electron chi connectivity index (χ1n) is 35.2. The minimum atomic E-state index is -3.65. The summed E-state index contributed by atoms with van der Waals surface area (Å²) >= 11 is -1.40. The van der Waals surface area contributed by atoms with E-state index in [1.165, 1.54) is 0 Å². The Hall–Kier alpha value is -0.210. The summed E-state index contributed by atoms with van der Waals surface area (Å²) in [7, 11) is 0. The largest absolute Gasteiger partial charge is 0.478 e. The maximum Gasteiger partial charge on any atom is 0.338 e. The topological polar surface area (TPSA) is 355 Å².